The molecule has 9 heteroatoms. The molecule has 2 heterocycles. The third kappa shape index (κ3) is 5.29. The Hall–Kier alpha value is -2.55. The van der Waals surface area contributed by atoms with Gasteiger partial charge in [-0.05, 0) is 44.5 Å². The minimum Gasteiger partial charge on any atom is -0.399 e. The van der Waals surface area contributed by atoms with Crippen molar-refractivity contribution >= 4 is 23.1 Å². The van der Waals surface area contributed by atoms with E-state index in [1.807, 2.05) is 20.0 Å². The maximum Gasteiger partial charge on any atom is 0.418 e. The number of benzene rings is 1. The van der Waals surface area contributed by atoms with Gasteiger partial charge in [-0.3, -0.25) is 0 Å². The lowest BCUT2D eigenvalue weighted by Gasteiger charge is -2.33. The van der Waals surface area contributed by atoms with Gasteiger partial charge >= 0.3 is 6.18 Å². The van der Waals surface area contributed by atoms with Gasteiger partial charge in [-0.15, -0.1) is 0 Å². The number of anilines is 4. The van der Waals surface area contributed by atoms with Crippen LogP contribution in [0.4, 0.5) is 36.3 Å². The highest BCUT2D eigenvalue weighted by atomic mass is 19.4. The van der Waals surface area contributed by atoms with Crippen LogP contribution in [-0.4, -0.2) is 36.1 Å². The fraction of sp³-hybridized carbons (Fsp3) is 0.500. The zero-order chi connectivity index (χ0) is 21.0. The number of hydrogen-bond donors (Lipinski definition) is 3. The summed E-state index contributed by atoms with van der Waals surface area (Å²) in [4.78, 5) is 11.1. The second-order valence-electron chi connectivity index (χ2n) is 7.29. The quantitative estimate of drug-likeness (QED) is 0.628. The second kappa shape index (κ2) is 8.86. The van der Waals surface area contributed by atoms with E-state index >= 15 is 0 Å². The number of nitrogen functional groups attached to an aromatic ring is 1. The Balaban J connectivity index is 1.94. The molecule has 0 unspecified atom stereocenters. The average Bonchev–Trinajstić information content (AvgIpc) is 2.69. The molecule has 1 atom stereocenters. The molecule has 29 heavy (non-hydrogen) atoms. The summed E-state index contributed by atoms with van der Waals surface area (Å²) in [6.07, 6.45) is -0.816. The van der Waals surface area contributed by atoms with Crippen LogP contribution in [0.25, 0.3) is 0 Å². The lowest BCUT2D eigenvalue weighted by molar-refractivity contribution is -0.136. The standard InChI is InChI=1S/C20H27F3N6/c1-3-5-14-11-18(29-9-4-6-15(12-29)25-2)28-19(26-14)27-17-8-7-13(24)10-16(17)20(21,22)23/h7-8,10-11,15,25H,3-6,9,12,24H2,1-2H3,(H,26,27,28)/t15-/m1/s1. The van der Waals surface area contributed by atoms with Gasteiger partial charge in [-0.1, -0.05) is 13.3 Å². The summed E-state index contributed by atoms with van der Waals surface area (Å²) in [6, 6.07) is 5.95. The van der Waals surface area contributed by atoms with Gasteiger partial charge in [0.25, 0.3) is 0 Å². The first-order valence-corrected chi connectivity index (χ1v) is 9.84. The summed E-state index contributed by atoms with van der Waals surface area (Å²) in [7, 11) is 1.93. The number of piperidine rings is 1. The van der Waals surface area contributed by atoms with E-state index in [4.69, 9.17) is 5.73 Å². The number of rotatable bonds is 6. The Morgan fingerprint density at radius 2 is 2.03 bits per heavy atom. The van der Waals surface area contributed by atoms with Crippen molar-refractivity contribution in [1.82, 2.24) is 15.3 Å². The van der Waals surface area contributed by atoms with Gasteiger partial charge in [0.15, 0.2) is 0 Å². The summed E-state index contributed by atoms with van der Waals surface area (Å²) in [6.45, 7) is 3.69. The molecule has 0 aliphatic carbocycles. The van der Waals surface area contributed by atoms with Gasteiger partial charge in [0.05, 0.1) is 11.3 Å². The maximum atomic E-state index is 13.4. The van der Waals surface area contributed by atoms with Crippen LogP contribution >= 0.6 is 0 Å². The minimum atomic E-state index is -4.53. The first kappa shape index (κ1) is 21.2. The van der Waals surface area contributed by atoms with Crippen molar-refractivity contribution in [3.63, 3.8) is 0 Å². The zero-order valence-electron chi connectivity index (χ0n) is 16.7. The Morgan fingerprint density at radius 3 is 2.72 bits per heavy atom. The van der Waals surface area contributed by atoms with Crippen molar-refractivity contribution in [1.29, 1.82) is 0 Å². The van der Waals surface area contributed by atoms with Gasteiger partial charge in [0, 0.05) is 36.6 Å². The Bertz CT molecular complexity index is 839. The lowest BCUT2D eigenvalue weighted by Crippen LogP contribution is -2.44. The van der Waals surface area contributed by atoms with Gasteiger partial charge < -0.3 is 21.3 Å². The number of aryl methyl sites for hydroxylation is 1. The van der Waals surface area contributed by atoms with Gasteiger partial charge in [-0.2, -0.15) is 18.2 Å². The minimum absolute atomic E-state index is 0.0515. The van der Waals surface area contributed by atoms with E-state index < -0.39 is 11.7 Å². The van der Waals surface area contributed by atoms with Crippen LogP contribution in [0, 0.1) is 0 Å². The van der Waals surface area contributed by atoms with Gasteiger partial charge in [0.1, 0.15) is 5.82 Å². The molecule has 3 rings (SSSR count). The number of nitrogens with zero attached hydrogens (tertiary/aromatic N) is 3. The number of nitrogens with one attached hydrogen (secondary N) is 2. The number of hydrogen-bond acceptors (Lipinski definition) is 6. The van der Waals surface area contributed by atoms with Crippen molar-refractivity contribution in [3.8, 4) is 0 Å². The molecule has 1 saturated heterocycles. The van der Waals surface area contributed by atoms with Crippen LogP contribution in [-0.2, 0) is 12.6 Å². The Morgan fingerprint density at radius 1 is 1.24 bits per heavy atom. The molecule has 1 aliphatic heterocycles. The Labute approximate surface area is 168 Å². The van der Waals surface area contributed by atoms with E-state index in [2.05, 4.69) is 25.5 Å². The first-order chi connectivity index (χ1) is 13.8. The molecule has 1 aliphatic rings. The molecule has 0 amide bonds. The zero-order valence-corrected chi connectivity index (χ0v) is 16.7. The number of aromatic nitrogens is 2. The molecule has 158 valence electrons. The predicted molar refractivity (Wildman–Crippen MR) is 109 cm³/mol. The molecule has 0 radical (unpaired) electrons. The monoisotopic (exact) mass is 408 g/mol. The molecule has 6 nitrogen and oxygen atoms in total. The molecule has 4 N–H and O–H groups in total. The highest BCUT2D eigenvalue weighted by molar-refractivity contribution is 5.64. The van der Waals surface area contributed by atoms with Crippen LogP contribution in [0.3, 0.4) is 0 Å². The van der Waals surface area contributed by atoms with Crippen LogP contribution in [0.2, 0.25) is 0 Å². The third-order valence-corrected chi connectivity index (χ3v) is 5.02. The molecule has 0 bridgehead atoms. The fourth-order valence-corrected chi connectivity index (χ4v) is 3.53. The molecule has 1 fully saturated rings. The predicted octanol–water partition coefficient (Wildman–Crippen LogP) is 3.96. The van der Waals surface area contributed by atoms with Crippen molar-refractivity contribution in [2.75, 3.05) is 36.1 Å². The van der Waals surface area contributed by atoms with E-state index in [-0.39, 0.29) is 17.3 Å². The van der Waals surface area contributed by atoms with Crippen LogP contribution in [0.15, 0.2) is 24.3 Å². The highest BCUT2D eigenvalue weighted by Gasteiger charge is 2.34. The van der Waals surface area contributed by atoms with E-state index in [1.54, 1.807) is 0 Å². The molecular formula is C20H27F3N6. The molecule has 1 aromatic carbocycles. The Kier molecular flexibility index (Phi) is 6.46. The molecule has 0 saturated carbocycles. The fourth-order valence-electron chi connectivity index (χ4n) is 3.53. The van der Waals surface area contributed by atoms with Crippen molar-refractivity contribution < 1.29 is 13.2 Å². The second-order valence-corrected chi connectivity index (χ2v) is 7.29. The smallest absolute Gasteiger partial charge is 0.399 e. The SMILES string of the molecule is CCCc1cc(N2CCC[C@@H](NC)C2)nc(Nc2ccc(N)cc2C(F)(F)F)n1. The number of likely N-dealkylation sites (N-methyl/N-ethyl adjacent to an activating group) is 1. The van der Waals surface area contributed by atoms with E-state index in [0.29, 0.717) is 6.04 Å². The third-order valence-electron chi connectivity index (χ3n) is 5.02. The largest absolute Gasteiger partial charge is 0.418 e. The molecule has 1 aromatic heterocycles. The number of halogens is 3. The van der Waals surface area contributed by atoms with E-state index in [0.717, 1.165) is 56.4 Å². The molecule has 2 aromatic rings. The molecular weight excluding hydrogens is 381 g/mol. The summed E-state index contributed by atoms with van der Waals surface area (Å²) < 4.78 is 40.3. The van der Waals surface area contributed by atoms with E-state index in [9.17, 15) is 13.2 Å². The average molecular weight is 408 g/mol. The normalized spacial score (nSPS) is 17.4. The first-order valence-electron chi connectivity index (χ1n) is 9.84. The van der Waals surface area contributed by atoms with Crippen LogP contribution < -0.4 is 21.3 Å². The van der Waals surface area contributed by atoms with Gasteiger partial charge in [0.2, 0.25) is 5.95 Å². The highest BCUT2D eigenvalue weighted by Crippen LogP contribution is 2.37. The number of alkyl halides is 3. The summed E-state index contributed by atoms with van der Waals surface area (Å²) in [5.74, 6) is 0.891. The topological polar surface area (TPSA) is 79.1 Å². The summed E-state index contributed by atoms with van der Waals surface area (Å²) in [5, 5.41) is 6.06. The maximum absolute atomic E-state index is 13.4. The summed E-state index contributed by atoms with van der Waals surface area (Å²) in [5.41, 5.74) is 5.46. The van der Waals surface area contributed by atoms with E-state index in [1.165, 1.54) is 12.1 Å². The van der Waals surface area contributed by atoms with Gasteiger partial charge in [-0.25, -0.2) is 4.98 Å². The van der Waals surface area contributed by atoms with Crippen LogP contribution in [0.1, 0.15) is 37.4 Å². The van der Waals surface area contributed by atoms with Crippen LogP contribution in [0.5, 0.6) is 0 Å². The van der Waals surface area contributed by atoms with Crippen molar-refractivity contribution in [3.05, 3.63) is 35.5 Å². The lowest BCUT2D eigenvalue weighted by atomic mass is 10.1. The van der Waals surface area contributed by atoms with Crippen molar-refractivity contribution in [2.24, 2.45) is 0 Å². The van der Waals surface area contributed by atoms with Crippen molar-refractivity contribution in [2.45, 2.75) is 44.8 Å². The molecule has 0 spiro atoms. The summed E-state index contributed by atoms with van der Waals surface area (Å²) >= 11 is 0. The number of nitrogens with two attached hydrogens (primary N) is 1.